The molecule has 1 aliphatic rings. The maximum absolute atomic E-state index is 13.0. The van der Waals surface area contributed by atoms with E-state index in [1.54, 1.807) is 0 Å². The minimum atomic E-state index is -0.596. The second kappa shape index (κ2) is 6.00. The quantitative estimate of drug-likeness (QED) is 0.732. The molecule has 0 N–H and O–H groups in total. The van der Waals surface area contributed by atoms with Crippen molar-refractivity contribution >= 4 is 15.9 Å². The van der Waals surface area contributed by atoms with Gasteiger partial charge in [-0.1, -0.05) is 35.2 Å². The van der Waals surface area contributed by atoms with Crippen LogP contribution in [0.15, 0.2) is 18.2 Å². The van der Waals surface area contributed by atoms with Crippen molar-refractivity contribution in [3.8, 4) is 5.75 Å². The lowest BCUT2D eigenvalue weighted by molar-refractivity contribution is 0.121. The van der Waals surface area contributed by atoms with Gasteiger partial charge in [0.05, 0.1) is 6.61 Å². The summed E-state index contributed by atoms with van der Waals surface area (Å²) in [6, 6.07) is 3.31. The molecule has 0 heterocycles. The van der Waals surface area contributed by atoms with E-state index in [9.17, 15) is 8.78 Å². The number of hydrogen-bond acceptors (Lipinski definition) is 1. The maximum Gasteiger partial charge on any atom is 0.129 e. The van der Waals surface area contributed by atoms with Crippen molar-refractivity contribution in [3.63, 3.8) is 0 Å². The zero-order valence-electron chi connectivity index (χ0n) is 10.2. The van der Waals surface area contributed by atoms with E-state index in [-0.39, 0.29) is 11.2 Å². The van der Waals surface area contributed by atoms with E-state index in [0.717, 1.165) is 24.2 Å². The zero-order valence-corrected chi connectivity index (χ0v) is 11.8. The Bertz CT molecular complexity index is 383. The van der Waals surface area contributed by atoms with Crippen LogP contribution in [0, 0.1) is 17.0 Å². The minimum Gasteiger partial charge on any atom is -0.493 e. The summed E-state index contributed by atoms with van der Waals surface area (Å²) in [6.45, 7) is 0.515. The fourth-order valence-corrected chi connectivity index (χ4v) is 3.19. The average molecular weight is 319 g/mol. The highest BCUT2D eigenvalue weighted by atomic mass is 79.9. The van der Waals surface area contributed by atoms with Gasteiger partial charge in [-0.3, -0.25) is 0 Å². The summed E-state index contributed by atoms with van der Waals surface area (Å²) in [5, 5.41) is 0.873. The minimum absolute atomic E-state index is 0.112. The number of alkyl halides is 1. The molecule has 4 heteroatoms. The van der Waals surface area contributed by atoms with Crippen LogP contribution < -0.4 is 4.74 Å². The van der Waals surface area contributed by atoms with Gasteiger partial charge in [-0.2, -0.15) is 0 Å². The highest BCUT2D eigenvalue weighted by molar-refractivity contribution is 9.09. The topological polar surface area (TPSA) is 9.23 Å². The monoisotopic (exact) mass is 318 g/mol. The zero-order chi connectivity index (χ0) is 13.0. The van der Waals surface area contributed by atoms with Gasteiger partial charge in [-0.05, 0) is 12.8 Å². The second-order valence-electron chi connectivity index (χ2n) is 5.09. The molecule has 1 saturated carbocycles. The largest absolute Gasteiger partial charge is 0.493 e. The lowest BCUT2D eigenvalue weighted by atomic mass is 9.76. The molecule has 0 bridgehead atoms. The van der Waals surface area contributed by atoms with E-state index in [0.29, 0.717) is 6.61 Å². The van der Waals surface area contributed by atoms with E-state index in [1.165, 1.54) is 31.4 Å². The first-order valence-corrected chi connectivity index (χ1v) is 7.41. The van der Waals surface area contributed by atoms with Crippen LogP contribution in [0.4, 0.5) is 8.78 Å². The first-order chi connectivity index (χ1) is 8.63. The highest BCUT2D eigenvalue weighted by Crippen LogP contribution is 2.38. The molecule has 100 valence electrons. The summed E-state index contributed by atoms with van der Waals surface area (Å²) in [6.07, 6.45) is 5.88. The van der Waals surface area contributed by atoms with E-state index < -0.39 is 11.6 Å². The normalized spacial score (nSPS) is 18.6. The third-order valence-corrected chi connectivity index (χ3v) is 4.77. The van der Waals surface area contributed by atoms with E-state index in [4.69, 9.17) is 4.74 Å². The Balaban J connectivity index is 2.00. The maximum atomic E-state index is 13.0. The van der Waals surface area contributed by atoms with Crippen LogP contribution in [-0.4, -0.2) is 11.9 Å². The van der Waals surface area contributed by atoms with Crippen molar-refractivity contribution in [2.45, 2.75) is 32.1 Å². The molecule has 0 unspecified atom stereocenters. The van der Waals surface area contributed by atoms with Crippen molar-refractivity contribution in [2.75, 3.05) is 11.9 Å². The lowest BCUT2D eigenvalue weighted by Gasteiger charge is -2.35. The Morgan fingerprint density at radius 3 is 2.22 bits per heavy atom. The molecular formula is C14H17BrF2O. The molecule has 0 atom stereocenters. The van der Waals surface area contributed by atoms with Crippen molar-refractivity contribution in [1.82, 2.24) is 0 Å². The first-order valence-electron chi connectivity index (χ1n) is 6.28. The molecule has 1 fully saturated rings. The highest BCUT2D eigenvalue weighted by Gasteiger charge is 2.31. The summed E-state index contributed by atoms with van der Waals surface area (Å²) in [4.78, 5) is 0. The summed E-state index contributed by atoms with van der Waals surface area (Å²) in [7, 11) is 0. The van der Waals surface area contributed by atoms with Crippen LogP contribution >= 0.6 is 15.9 Å². The van der Waals surface area contributed by atoms with E-state index >= 15 is 0 Å². The van der Waals surface area contributed by atoms with Crippen molar-refractivity contribution in [2.24, 2.45) is 5.41 Å². The summed E-state index contributed by atoms with van der Waals surface area (Å²) < 4.78 is 31.7. The molecular weight excluding hydrogens is 302 g/mol. The number of hydrogen-bond donors (Lipinski definition) is 0. The Labute approximate surface area is 115 Å². The van der Waals surface area contributed by atoms with E-state index in [1.807, 2.05) is 0 Å². The van der Waals surface area contributed by atoms with Gasteiger partial charge in [0.1, 0.15) is 17.4 Å². The first kappa shape index (κ1) is 13.8. The molecule has 0 radical (unpaired) electrons. The Morgan fingerprint density at radius 2 is 1.67 bits per heavy atom. The molecule has 1 aliphatic carbocycles. The van der Waals surface area contributed by atoms with Crippen LogP contribution in [0.5, 0.6) is 5.75 Å². The summed E-state index contributed by atoms with van der Waals surface area (Å²) in [5.74, 6) is -0.915. The molecule has 1 aromatic carbocycles. The molecule has 0 spiro atoms. The van der Waals surface area contributed by atoms with Gasteiger partial charge in [0.25, 0.3) is 0 Å². The van der Waals surface area contributed by atoms with Crippen LogP contribution in [0.3, 0.4) is 0 Å². The van der Waals surface area contributed by atoms with Crippen molar-refractivity contribution in [3.05, 3.63) is 29.8 Å². The van der Waals surface area contributed by atoms with Crippen LogP contribution in [-0.2, 0) is 0 Å². The van der Waals surface area contributed by atoms with Crippen LogP contribution in [0.2, 0.25) is 0 Å². The molecule has 0 aliphatic heterocycles. The molecule has 0 saturated heterocycles. The van der Waals surface area contributed by atoms with Gasteiger partial charge in [0.15, 0.2) is 0 Å². The van der Waals surface area contributed by atoms with Gasteiger partial charge < -0.3 is 4.74 Å². The third-order valence-electron chi connectivity index (χ3n) is 3.58. The van der Waals surface area contributed by atoms with Crippen molar-refractivity contribution < 1.29 is 13.5 Å². The lowest BCUT2D eigenvalue weighted by Crippen LogP contribution is -2.32. The average Bonchev–Trinajstić information content (AvgIpc) is 2.36. The fourth-order valence-electron chi connectivity index (χ4n) is 2.47. The standard InChI is InChI=1S/C14H17BrF2O/c15-9-14(4-2-1-3-5-14)10-18-13-7-11(16)6-12(17)8-13/h6-8H,1-5,9-10H2. The smallest absolute Gasteiger partial charge is 0.129 e. The predicted molar refractivity (Wildman–Crippen MR) is 71.2 cm³/mol. The second-order valence-corrected chi connectivity index (χ2v) is 5.65. The Hall–Kier alpha value is -0.640. The molecule has 0 amide bonds. The Morgan fingerprint density at radius 1 is 1.06 bits per heavy atom. The third kappa shape index (κ3) is 3.44. The van der Waals surface area contributed by atoms with Crippen LogP contribution in [0.1, 0.15) is 32.1 Å². The number of ether oxygens (including phenoxy) is 1. The SMILES string of the molecule is Fc1cc(F)cc(OCC2(CBr)CCCCC2)c1. The number of halogens is 3. The molecule has 1 aromatic rings. The predicted octanol–water partition coefficient (Wildman–Crippen LogP) is 4.69. The van der Waals surface area contributed by atoms with E-state index in [2.05, 4.69) is 15.9 Å². The van der Waals surface area contributed by atoms with Gasteiger partial charge in [-0.25, -0.2) is 8.78 Å². The fraction of sp³-hybridized carbons (Fsp3) is 0.571. The summed E-state index contributed by atoms with van der Waals surface area (Å²) in [5.41, 5.74) is 0.112. The van der Waals surface area contributed by atoms with Crippen LogP contribution in [0.25, 0.3) is 0 Å². The molecule has 1 nitrogen and oxygen atoms in total. The molecule has 0 aromatic heterocycles. The molecule has 2 rings (SSSR count). The van der Waals surface area contributed by atoms with Gasteiger partial charge in [0, 0.05) is 28.9 Å². The number of benzene rings is 1. The number of rotatable bonds is 4. The summed E-state index contributed by atoms with van der Waals surface area (Å²) >= 11 is 3.54. The van der Waals surface area contributed by atoms with Gasteiger partial charge in [0.2, 0.25) is 0 Å². The Kier molecular flexibility index (Phi) is 4.60. The van der Waals surface area contributed by atoms with Gasteiger partial charge in [-0.15, -0.1) is 0 Å². The van der Waals surface area contributed by atoms with Crippen molar-refractivity contribution in [1.29, 1.82) is 0 Å². The molecule has 18 heavy (non-hydrogen) atoms. The van der Waals surface area contributed by atoms with Gasteiger partial charge >= 0.3 is 0 Å².